The lowest BCUT2D eigenvalue weighted by Gasteiger charge is -2.00. The first-order valence-electron chi connectivity index (χ1n) is 6.45. The van der Waals surface area contributed by atoms with Gasteiger partial charge >= 0.3 is 0 Å². The van der Waals surface area contributed by atoms with Crippen molar-refractivity contribution in [1.29, 1.82) is 0 Å². The van der Waals surface area contributed by atoms with Gasteiger partial charge in [0.05, 0.1) is 22.8 Å². The van der Waals surface area contributed by atoms with Crippen LogP contribution in [0.3, 0.4) is 0 Å². The van der Waals surface area contributed by atoms with E-state index in [4.69, 9.17) is 16.6 Å². The van der Waals surface area contributed by atoms with Crippen LogP contribution < -0.4 is 0 Å². The highest BCUT2D eigenvalue weighted by molar-refractivity contribution is 6.30. The fourth-order valence-corrected chi connectivity index (χ4v) is 2.69. The number of fused-ring (bicyclic) bond motifs is 3. The summed E-state index contributed by atoms with van der Waals surface area (Å²) in [7, 11) is 0. The van der Waals surface area contributed by atoms with Crippen LogP contribution in [0.2, 0.25) is 5.02 Å². The summed E-state index contributed by atoms with van der Waals surface area (Å²) in [4.78, 5) is 4.79. The van der Waals surface area contributed by atoms with Crippen LogP contribution in [0.15, 0.2) is 71.9 Å². The zero-order valence-electron chi connectivity index (χ0n) is 10.6. The minimum Gasteiger partial charge on any atom is -0.314 e. The fraction of sp³-hybridized carbons (Fsp3) is 0. The van der Waals surface area contributed by atoms with E-state index < -0.39 is 0 Å². The van der Waals surface area contributed by atoms with Crippen LogP contribution in [0.5, 0.6) is 0 Å². The highest BCUT2D eigenvalue weighted by Crippen LogP contribution is 2.30. The Balaban J connectivity index is 1.92. The molecule has 2 heterocycles. The zero-order chi connectivity index (χ0) is 13.5. The molecule has 3 heteroatoms. The Bertz CT molecular complexity index is 813. The van der Waals surface area contributed by atoms with Crippen molar-refractivity contribution in [3.05, 3.63) is 83.1 Å². The summed E-state index contributed by atoms with van der Waals surface area (Å²) in [6.45, 7) is 0. The lowest BCUT2D eigenvalue weighted by molar-refractivity contribution is 1.09. The second-order valence-corrected chi connectivity index (χ2v) is 5.15. The molecule has 2 nitrogen and oxygen atoms in total. The van der Waals surface area contributed by atoms with Crippen molar-refractivity contribution >= 4 is 23.0 Å². The number of hydrogen-bond donors (Lipinski definition) is 0. The number of nitrogens with zero attached hydrogens (tertiary/aromatic N) is 2. The first-order chi connectivity index (χ1) is 9.83. The summed E-state index contributed by atoms with van der Waals surface area (Å²) < 4.78 is 2.17. The van der Waals surface area contributed by atoms with Crippen LogP contribution in [0.25, 0.3) is 5.69 Å². The molecule has 0 unspecified atom stereocenters. The third-order valence-corrected chi connectivity index (χ3v) is 3.73. The molecule has 1 aliphatic heterocycles. The number of aromatic nitrogens is 1. The Morgan fingerprint density at radius 2 is 1.65 bits per heavy atom. The molecule has 0 amide bonds. The Morgan fingerprint density at radius 3 is 2.50 bits per heavy atom. The topological polar surface area (TPSA) is 17.3 Å². The summed E-state index contributed by atoms with van der Waals surface area (Å²) in [5.41, 5.74) is 5.39. The molecule has 4 rings (SSSR count). The van der Waals surface area contributed by atoms with E-state index in [-0.39, 0.29) is 0 Å². The smallest absolute Gasteiger partial charge is 0.0970 e. The van der Waals surface area contributed by atoms with Gasteiger partial charge in [0.1, 0.15) is 0 Å². The highest BCUT2D eigenvalue weighted by Gasteiger charge is 2.23. The molecule has 0 atom stereocenters. The molecule has 0 spiro atoms. The molecule has 20 heavy (non-hydrogen) atoms. The van der Waals surface area contributed by atoms with E-state index in [1.54, 1.807) is 0 Å². The number of benzene rings is 2. The molecule has 0 radical (unpaired) electrons. The van der Waals surface area contributed by atoms with Gasteiger partial charge in [-0.3, -0.25) is 0 Å². The maximum Gasteiger partial charge on any atom is 0.0970 e. The van der Waals surface area contributed by atoms with Gasteiger partial charge < -0.3 is 4.57 Å². The molecular weight excluding hydrogens is 268 g/mol. The van der Waals surface area contributed by atoms with Crippen molar-refractivity contribution in [2.45, 2.75) is 0 Å². The first kappa shape index (κ1) is 11.5. The molecule has 0 fully saturated rings. The van der Waals surface area contributed by atoms with E-state index in [1.165, 1.54) is 5.69 Å². The standard InChI is InChI=1S/C17H11ClN2/c18-12-7-9-13(10-8-12)19-17-14-4-1-2-5-15(14)20-11-3-6-16(17)20/h1-11H. The number of halogens is 1. The van der Waals surface area contributed by atoms with E-state index in [0.29, 0.717) is 0 Å². The molecule has 1 aliphatic rings. The first-order valence-corrected chi connectivity index (χ1v) is 6.82. The quantitative estimate of drug-likeness (QED) is 0.484. The predicted molar refractivity (Wildman–Crippen MR) is 82.5 cm³/mol. The molecular formula is C17H11ClN2. The van der Waals surface area contributed by atoms with Crippen LogP contribution in [-0.2, 0) is 0 Å². The Morgan fingerprint density at radius 1 is 0.850 bits per heavy atom. The maximum absolute atomic E-state index is 5.92. The number of para-hydroxylation sites is 1. The normalized spacial score (nSPS) is 14.3. The minimum atomic E-state index is 0.726. The Hall–Kier alpha value is -2.32. The molecule has 0 bridgehead atoms. The van der Waals surface area contributed by atoms with Crippen molar-refractivity contribution in [3.8, 4) is 5.69 Å². The van der Waals surface area contributed by atoms with E-state index in [0.717, 1.165) is 27.7 Å². The minimum absolute atomic E-state index is 0.726. The van der Waals surface area contributed by atoms with Crippen molar-refractivity contribution in [3.63, 3.8) is 0 Å². The van der Waals surface area contributed by atoms with E-state index in [9.17, 15) is 0 Å². The molecule has 2 aromatic carbocycles. The fourth-order valence-electron chi connectivity index (χ4n) is 2.57. The third-order valence-electron chi connectivity index (χ3n) is 3.48. The Labute approximate surface area is 122 Å². The van der Waals surface area contributed by atoms with E-state index in [1.807, 2.05) is 42.5 Å². The van der Waals surface area contributed by atoms with Crippen LogP contribution in [0.4, 0.5) is 5.69 Å². The summed E-state index contributed by atoms with van der Waals surface area (Å²) in [6, 6.07) is 20.0. The molecule has 0 saturated carbocycles. The van der Waals surface area contributed by atoms with Crippen molar-refractivity contribution in [2.75, 3.05) is 0 Å². The summed E-state index contributed by atoms with van der Waals surface area (Å²) in [5.74, 6) is 0. The second kappa shape index (κ2) is 4.36. The Kier molecular flexibility index (Phi) is 2.51. The van der Waals surface area contributed by atoms with Crippen molar-refractivity contribution in [1.82, 2.24) is 4.57 Å². The molecule has 1 aromatic heterocycles. The lowest BCUT2D eigenvalue weighted by atomic mass is 10.1. The van der Waals surface area contributed by atoms with Crippen LogP contribution in [0.1, 0.15) is 11.3 Å². The van der Waals surface area contributed by atoms with E-state index >= 15 is 0 Å². The number of rotatable bonds is 1. The molecule has 0 N–H and O–H groups in total. The summed E-state index contributed by atoms with van der Waals surface area (Å²) in [5, 5.41) is 0.726. The van der Waals surface area contributed by atoms with Gasteiger partial charge in [-0.25, -0.2) is 4.99 Å². The van der Waals surface area contributed by atoms with E-state index in [2.05, 4.69) is 29.0 Å². The number of aliphatic imine (C=N–C) groups is 1. The highest BCUT2D eigenvalue weighted by atomic mass is 35.5. The van der Waals surface area contributed by atoms with Gasteiger partial charge in [-0.1, -0.05) is 29.8 Å². The largest absolute Gasteiger partial charge is 0.314 e. The van der Waals surface area contributed by atoms with Gasteiger partial charge in [-0.15, -0.1) is 0 Å². The average molecular weight is 279 g/mol. The van der Waals surface area contributed by atoms with Crippen LogP contribution in [-0.4, -0.2) is 10.3 Å². The SMILES string of the molecule is Clc1ccc(N=C2c3ccccc3-n3cccc32)cc1. The van der Waals surface area contributed by atoms with Gasteiger partial charge in [-0.05, 0) is 42.5 Å². The average Bonchev–Trinajstić information content (AvgIpc) is 3.05. The molecule has 3 aromatic rings. The maximum atomic E-state index is 5.92. The monoisotopic (exact) mass is 278 g/mol. The molecule has 0 saturated heterocycles. The van der Waals surface area contributed by atoms with Gasteiger partial charge in [0.15, 0.2) is 0 Å². The second-order valence-electron chi connectivity index (χ2n) is 4.72. The number of hydrogen-bond acceptors (Lipinski definition) is 1. The van der Waals surface area contributed by atoms with Crippen LogP contribution in [0, 0.1) is 0 Å². The van der Waals surface area contributed by atoms with Crippen molar-refractivity contribution in [2.24, 2.45) is 4.99 Å². The van der Waals surface area contributed by atoms with Crippen molar-refractivity contribution < 1.29 is 0 Å². The molecule has 0 aliphatic carbocycles. The van der Waals surface area contributed by atoms with Gasteiger partial charge in [0.2, 0.25) is 0 Å². The predicted octanol–water partition coefficient (Wildman–Crippen LogP) is 4.61. The lowest BCUT2D eigenvalue weighted by Crippen LogP contribution is -1.97. The van der Waals surface area contributed by atoms with Gasteiger partial charge in [0, 0.05) is 16.8 Å². The van der Waals surface area contributed by atoms with Gasteiger partial charge in [0.25, 0.3) is 0 Å². The third kappa shape index (κ3) is 1.69. The summed E-state index contributed by atoms with van der Waals surface area (Å²) in [6.07, 6.45) is 2.07. The molecule has 96 valence electrons. The summed E-state index contributed by atoms with van der Waals surface area (Å²) >= 11 is 5.92. The van der Waals surface area contributed by atoms with Gasteiger partial charge in [-0.2, -0.15) is 0 Å². The zero-order valence-corrected chi connectivity index (χ0v) is 11.4. The van der Waals surface area contributed by atoms with Crippen LogP contribution >= 0.6 is 11.6 Å².